The van der Waals surface area contributed by atoms with Crippen LogP contribution in [-0.2, 0) is 14.6 Å². The summed E-state index contributed by atoms with van der Waals surface area (Å²) in [7, 11) is -3.33. The van der Waals surface area contributed by atoms with Gasteiger partial charge in [-0.3, -0.25) is 4.79 Å². The standard InChI is InChI=1S/C20H22Br2N2O3S/c1-28(26,27)18-8-6-14(11-17(18)22)16(10-13-4-2-3-5-13)20(25)24-19-9-7-15(21)12-23-19/h6-9,11-13,16H,2-5,10H2,1H3,(H,23,24,25). The van der Waals surface area contributed by atoms with E-state index in [0.29, 0.717) is 16.2 Å². The van der Waals surface area contributed by atoms with Crippen LogP contribution in [-0.4, -0.2) is 25.6 Å². The number of pyridine rings is 1. The number of carbonyl (C=O) groups excluding carboxylic acids is 1. The minimum atomic E-state index is -3.33. The summed E-state index contributed by atoms with van der Waals surface area (Å²) in [6, 6.07) is 8.64. The Morgan fingerprint density at radius 1 is 1.21 bits per heavy atom. The molecule has 1 aromatic carbocycles. The number of amides is 1. The first-order valence-corrected chi connectivity index (χ1v) is 12.6. The van der Waals surface area contributed by atoms with Crippen molar-refractivity contribution in [2.75, 3.05) is 11.6 Å². The topological polar surface area (TPSA) is 76.1 Å². The zero-order valence-corrected chi connectivity index (χ0v) is 19.5. The molecule has 5 nitrogen and oxygen atoms in total. The summed E-state index contributed by atoms with van der Waals surface area (Å²) in [6.07, 6.45) is 8.21. The van der Waals surface area contributed by atoms with Gasteiger partial charge in [-0.2, -0.15) is 0 Å². The number of nitrogens with one attached hydrogen (secondary N) is 1. The number of nitrogens with zero attached hydrogens (tertiary/aromatic N) is 1. The quantitative estimate of drug-likeness (QED) is 0.550. The van der Waals surface area contributed by atoms with Crippen molar-refractivity contribution in [1.82, 2.24) is 4.98 Å². The van der Waals surface area contributed by atoms with Gasteiger partial charge in [-0.25, -0.2) is 13.4 Å². The fourth-order valence-corrected chi connectivity index (χ4v) is 5.91. The third kappa shape index (κ3) is 5.42. The van der Waals surface area contributed by atoms with Crippen LogP contribution in [0.2, 0.25) is 0 Å². The molecule has 3 rings (SSSR count). The van der Waals surface area contributed by atoms with Gasteiger partial charge in [0.2, 0.25) is 5.91 Å². The molecule has 1 aromatic heterocycles. The molecule has 0 spiro atoms. The molecular formula is C20H22Br2N2O3S. The number of anilines is 1. The van der Waals surface area contributed by atoms with Crippen molar-refractivity contribution >= 4 is 53.4 Å². The highest BCUT2D eigenvalue weighted by Crippen LogP contribution is 2.36. The van der Waals surface area contributed by atoms with Crippen molar-refractivity contribution in [3.05, 3.63) is 51.0 Å². The van der Waals surface area contributed by atoms with Gasteiger partial charge in [0.25, 0.3) is 0 Å². The number of carbonyl (C=O) groups is 1. The molecule has 1 saturated carbocycles. The van der Waals surface area contributed by atoms with E-state index in [1.807, 2.05) is 6.07 Å². The summed E-state index contributed by atoms with van der Waals surface area (Å²) in [6.45, 7) is 0. The maximum Gasteiger partial charge on any atom is 0.233 e. The number of hydrogen-bond donors (Lipinski definition) is 1. The molecule has 0 bridgehead atoms. The average Bonchev–Trinajstić information content (AvgIpc) is 3.13. The van der Waals surface area contributed by atoms with Crippen molar-refractivity contribution in [1.29, 1.82) is 0 Å². The van der Waals surface area contributed by atoms with Crippen LogP contribution < -0.4 is 5.32 Å². The smallest absolute Gasteiger partial charge is 0.233 e. The fourth-order valence-electron chi connectivity index (χ4n) is 3.67. The first kappa shape index (κ1) is 21.5. The maximum absolute atomic E-state index is 13.1. The molecule has 0 saturated heterocycles. The van der Waals surface area contributed by atoms with Gasteiger partial charge in [0.05, 0.1) is 10.8 Å². The highest BCUT2D eigenvalue weighted by Gasteiger charge is 2.28. The Morgan fingerprint density at radius 2 is 1.93 bits per heavy atom. The van der Waals surface area contributed by atoms with Crippen LogP contribution in [0.15, 0.2) is 50.4 Å². The van der Waals surface area contributed by atoms with Crippen LogP contribution in [0.1, 0.15) is 43.6 Å². The largest absolute Gasteiger partial charge is 0.310 e. The van der Waals surface area contributed by atoms with Crippen LogP contribution in [0, 0.1) is 5.92 Å². The second kappa shape index (κ2) is 9.05. The molecule has 1 aliphatic rings. The second-order valence-electron chi connectivity index (χ2n) is 7.25. The Balaban J connectivity index is 1.88. The predicted molar refractivity (Wildman–Crippen MR) is 117 cm³/mol. The predicted octanol–water partition coefficient (Wildman–Crippen LogP) is 5.31. The summed E-state index contributed by atoms with van der Waals surface area (Å²) in [5.41, 5.74) is 0.806. The molecule has 0 aliphatic heterocycles. The molecule has 1 heterocycles. The number of benzene rings is 1. The Hall–Kier alpha value is -1.25. The van der Waals surface area contributed by atoms with E-state index < -0.39 is 9.84 Å². The molecule has 28 heavy (non-hydrogen) atoms. The zero-order valence-electron chi connectivity index (χ0n) is 15.5. The van der Waals surface area contributed by atoms with Crippen molar-refractivity contribution in [2.24, 2.45) is 5.92 Å². The van der Waals surface area contributed by atoms with E-state index in [2.05, 4.69) is 42.2 Å². The average molecular weight is 530 g/mol. The Labute approximate surface area is 182 Å². The second-order valence-corrected chi connectivity index (χ2v) is 11.0. The zero-order chi connectivity index (χ0) is 20.3. The van der Waals surface area contributed by atoms with Crippen LogP contribution in [0.3, 0.4) is 0 Å². The van der Waals surface area contributed by atoms with Crippen LogP contribution in [0.4, 0.5) is 5.82 Å². The molecule has 1 unspecified atom stereocenters. The fraction of sp³-hybridized carbons (Fsp3) is 0.400. The molecule has 1 N–H and O–H groups in total. The molecule has 150 valence electrons. The monoisotopic (exact) mass is 528 g/mol. The number of sulfone groups is 1. The van der Waals surface area contributed by atoms with E-state index >= 15 is 0 Å². The molecule has 8 heteroatoms. The summed E-state index contributed by atoms with van der Waals surface area (Å²) in [5.74, 6) is 0.512. The Kier molecular flexibility index (Phi) is 6.94. The molecule has 1 atom stereocenters. The summed E-state index contributed by atoms with van der Waals surface area (Å²) in [5, 5.41) is 2.90. The van der Waals surface area contributed by atoms with Crippen molar-refractivity contribution < 1.29 is 13.2 Å². The van der Waals surface area contributed by atoms with Gasteiger partial charge in [-0.1, -0.05) is 31.7 Å². The third-order valence-corrected chi connectivity index (χ3v) is 7.64. The minimum Gasteiger partial charge on any atom is -0.310 e. The van der Waals surface area contributed by atoms with Gasteiger partial charge in [0, 0.05) is 21.4 Å². The van der Waals surface area contributed by atoms with Gasteiger partial charge >= 0.3 is 0 Å². The lowest BCUT2D eigenvalue weighted by Crippen LogP contribution is -2.23. The van der Waals surface area contributed by atoms with E-state index in [-0.39, 0.29) is 16.7 Å². The highest BCUT2D eigenvalue weighted by atomic mass is 79.9. The Morgan fingerprint density at radius 3 is 2.50 bits per heavy atom. The van der Waals surface area contributed by atoms with Gasteiger partial charge in [0.1, 0.15) is 5.82 Å². The molecule has 2 aromatic rings. The van der Waals surface area contributed by atoms with Gasteiger partial charge in [-0.05, 0) is 74.0 Å². The van der Waals surface area contributed by atoms with Gasteiger partial charge in [-0.15, -0.1) is 0 Å². The van der Waals surface area contributed by atoms with E-state index in [4.69, 9.17) is 0 Å². The highest BCUT2D eigenvalue weighted by molar-refractivity contribution is 9.10. The SMILES string of the molecule is CS(=O)(=O)c1ccc(C(CC2CCCC2)C(=O)Nc2ccc(Br)cn2)cc1Br. The minimum absolute atomic E-state index is 0.124. The van der Waals surface area contributed by atoms with Crippen molar-refractivity contribution in [3.8, 4) is 0 Å². The summed E-state index contributed by atoms with van der Waals surface area (Å²) >= 11 is 6.70. The van der Waals surface area contributed by atoms with Crippen molar-refractivity contribution in [2.45, 2.75) is 42.9 Å². The van der Waals surface area contributed by atoms with E-state index in [1.54, 1.807) is 30.5 Å². The molecule has 1 aliphatic carbocycles. The van der Waals surface area contributed by atoms with Gasteiger partial charge in [0.15, 0.2) is 9.84 Å². The lowest BCUT2D eigenvalue weighted by molar-refractivity contribution is -0.118. The third-order valence-electron chi connectivity index (χ3n) is 5.10. The normalized spacial score (nSPS) is 16.1. The van der Waals surface area contributed by atoms with E-state index in [1.165, 1.54) is 19.1 Å². The molecule has 1 amide bonds. The number of hydrogen-bond acceptors (Lipinski definition) is 4. The van der Waals surface area contributed by atoms with Gasteiger partial charge < -0.3 is 5.32 Å². The number of rotatable bonds is 6. The van der Waals surface area contributed by atoms with Crippen molar-refractivity contribution in [3.63, 3.8) is 0 Å². The maximum atomic E-state index is 13.1. The summed E-state index contributed by atoms with van der Waals surface area (Å²) < 4.78 is 25.1. The van der Waals surface area contributed by atoms with Crippen LogP contribution >= 0.6 is 31.9 Å². The molecule has 0 radical (unpaired) electrons. The molecular weight excluding hydrogens is 508 g/mol. The molecule has 1 fully saturated rings. The van der Waals surface area contributed by atoms with Crippen LogP contribution in [0.25, 0.3) is 0 Å². The first-order chi connectivity index (χ1) is 13.2. The first-order valence-electron chi connectivity index (χ1n) is 9.16. The van der Waals surface area contributed by atoms with Crippen LogP contribution in [0.5, 0.6) is 0 Å². The summed E-state index contributed by atoms with van der Waals surface area (Å²) in [4.78, 5) is 17.5. The number of halogens is 2. The van der Waals surface area contributed by atoms with E-state index in [0.717, 1.165) is 29.3 Å². The lowest BCUT2D eigenvalue weighted by atomic mass is 9.87. The number of aromatic nitrogens is 1. The lowest BCUT2D eigenvalue weighted by Gasteiger charge is -2.21. The van der Waals surface area contributed by atoms with E-state index in [9.17, 15) is 13.2 Å². The Bertz CT molecular complexity index is 956.